The summed E-state index contributed by atoms with van der Waals surface area (Å²) >= 11 is 0. The molecule has 31 valence electrons. The van der Waals surface area contributed by atoms with Gasteiger partial charge in [-0.25, -0.2) is 0 Å². The van der Waals surface area contributed by atoms with Crippen molar-refractivity contribution in [1.29, 1.82) is 0 Å². The van der Waals surface area contributed by atoms with Crippen molar-refractivity contribution in [3.8, 4) is 0 Å². The number of hydrogen-bond acceptors (Lipinski definition) is 0. The van der Waals surface area contributed by atoms with Gasteiger partial charge in [0.05, 0.1) is 0 Å². The minimum Gasteiger partial charge on any atom is -1.00 e. The maximum absolute atomic E-state index is 2.25. The van der Waals surface area contributed by atoms with E-state index in [4.69, 9.17) is 0 Å². The first-order valence-electron chi connectivity index (χ1n) is 2.23. The second-order valence-corrected chi connectivity index (χ2v) is 1.11. The molecule has 0 aromatic carbocycles. The molecule has 0 nitrogen and oxygen atoms in total. The molecule has 0 rings (SSSR count). The summed E-state index contributed by atoms with van der Waals surface area (Å²) in [4.78, 5) is 0. The molecule has 0 fully saturated rings. The van der Waals surface area contributed by atoms with Crippen LogP contribution in [0.1, 0.15) is 15.3 Å². The Morgan fingerprint density at radius 3 is 1.67 bits per heavy atom. The van der Waals surface area contributed by atoms with Crippen molar-refractivity contribution >= 4 is 7.28 Å². The molecule has 0 saturated heterocycles. The van der Waals surface area contributed by atoms with E-state index in [1.165, 1.54) is 12.6 Å². The van der Waals surface area contributed by atoms with Gasteiger partial charge in [0.15, 0.2) is 0 Å². The Hall–Kier alpha value is 0.662. The van der Waals surface area contributed by atoms with Crippen molar-refractivity contribution in [3.63, 3.8) is 0 Å². The Labute approximate surface area is 54.6 Å². The van der Waals surface area contributed by atoms with E-state index in [0.29, 0.717) is 0 Å². The van der Waals surface area contributed by atoms with Crippen LogP contribution in [-0.2, 0) is 0 Å². The molecule has 0 unspecified atom stereocenters. The Morgan fingerprint density at radius 1 is 1.33 bits per heavy atom. The SMILES string of the molecule is CC[B]CC.[H-].[Li+]. The summed E-state index contributed by atoms with van der Waals surface area (Å²) in [5.41, 5.74) is 0. The first-order valence-corrected chi connectivity index (χ1v) is 2.23. The second-order valence-electron chi connectivity index (χ2n) is 1.11. The first kappa shape index (κ1) is 9.83. The molecule has 0 N–H and O–H groups in total. The van der Waals surface area contributed by atoms with Crippen LogP contribution in [0.2, 0.25) is 12.6 Å². The Bertz CT molecular complexity index is 19.2. The van der Waals surface area contributed by atoms with Gasteiger partial charge in [0, 0.05) is 0 Å². The monoisotopic (exact) mass is 77.1 g/mol. The maximum atomic E-state index is 2.25. The minimum absolute atomic E-state index is 0. The van der Waals surface area contributed by atoms with E-state index in [2.05, 4.69) is 21.1 Å². The first-order chi connectivity index (χ1) is 2.41. The third kappa shape index (κ3) is 8.82. The normalized spacial score (nSPS) is 6.33. The molecule has 0 atom stereocenters. The van der Waals surface area contributed by atoms with E-state index >= 15 is 0 Å². The summed E-state index contributed by atoms with van der Waals surface area (Å²) in [6, 6.07) is 0. The molecule has 0 spiro atoms. The summed E-state index contributed by atoms with van der Waals surface area (Å²) in [7, 11) is 2.25. The molecule has 0 aliphatic rings. The van der Waals surface area contributed by atoms with E-state index in [1.54, 1.807) is 0 Å². The molecule has 0 aromatic heterocycles. The van der Waals surface area contributed by atoms with E-state index in [1.807, 2.05) is 0 Å². The van der Waals surface area contributed by atoms with Gasteiger partial charge in [-0.1, -0.05) is 26.5 Å². The van der Waals surface area contributed by atoms with Gasteiger partial charge in [-0.15, -0.1) is 0 Å². The third-order valence-electron chi connectivity index (χ3n) is 0.577. The van der Waals surface area contributed by atoms with Crippen molar-refractivity contribution in [1.82, 2.24) is 0 Å². The van der Waals surface area contributed by atoms with Crippen LogP contribution in [0.4, 0.5) is 0 Å². The van der Waals surface area contributed by atoms with Gasteiger partial charge >= 0.3 is 18.9 Å². The van der Waals surface area contributed by atoms with Gasteiger partial charge in [0.2, 0.25) is 0 Å². The summed E-state index contributed by atoms with van der Waals surface area (Å²) < 4.78 is 0. The molecule has 0 aromatic rings. The quantitative estimate of drug-likeness (QED) is 0.359. The van der Waals surface area contributed by atoms with Crippen LogP contribution in [-0.4, -0.2) is 7.28 Å². The fraction of sp³-hybridized carbons (Fsp3) is 1.00. The second kappa shape index (κ2) is 9.18. The van der Waals surface area contributed by atoms with Crippen molar-refractivity contribution in [2.75, 3.05) is 0 Å². The summed E-state index contributed by atoms with van der Waals surface area (Å²) in [6.45, 7) is 4.31. The number of rotatable bonds is 2. The van der Waals surface area contributed by atoms with Crippen LogP contribution in [0.3, 0.4) is 0 Å². The largest absolute Gasteiger partial charge is 1.00 e. The van der Waals surface area contributed by atoms with Crippen molar-refractivity contribution < 1.29 is 20.3 Å². The minimum atomic E-state index is 0. The maximum Gasteiger partial charge on any atom is 1.00 e. The van der Waals surface area contributed by atoms with Crippen LogP contribution in [0.25, 0.3) is 0 Å². The van der Waals surface area contributed by atoms with Crippen LogP contribution in [0.15, 0.2) is 0 Å². The summed E-state index contributed by atoms with van der Waals surface area (Å²) in [6.07, 6.45) is 2.44. The topological polar surface area (TPSA) is 0 Å². The fourth-order valence-corrected chi connectivity index (χ4v) is 0.289. The van der Waals surface area contributed by atoms with E-state index in [9.17, 15) is 0 Å². The van der Waals surface area contributed by atoms with Gasteiger partial charge in [0.1, 0.15) is 7.28 Å². The van der Waals surface area contributed by atoms with Crippen molar-refractivity contribution in [2.24, 2.45) is 0 Å². The van der Waals surface area contributed by atoms with Crippen molar-refractivity contribution in [2.45, 2.75) is 26.5 Å². The molecular weight excluding hydrogens is 65.8 g/mol. The van der Waals surface area contributed by atoms with E-state index < -0.39 is 0 Å². The molecule has 2 heteroatoms. The molecule has 1 radical (unpaired) electrons. The number of hydrogen-bond donors (Lipinski definition) is 0. The molecular formula is C4H11BLi. The van der Waals surface area contributed by atoms with Gasteiger partial charge in [0.25, 0.3) is 0 Å². The zero-order valence-corrected chi connectivity index (χ0v) is 4.99. The van der Waals surface area contributed by atoms with Gasteiger partial charge in [-0.2, -0.15) is 0 Å². The smallest absolute Gasteiger partial charge is 1.00 e. The van der Waals surface area contributed by atoms with Gasteiger partial charge in [-0.05, 0) is 0 Å². The molecule has 0 bridgehead atoms. The van der Waals surface area contributed by atoms with Gasteiger partial charge in [-0.3, -0.25) is 0 Å². The summed E-state index contributed by atoms with van der Waals surface area (Å²) in [5.74, 6) is 0. The van der Waals surface area contributed by atoms with Crippen LogP contribution >= 0.6 is 0 Å². The average molecular weight is 76.9 g/mol. The van der Waals surface area contributed by atoms with Crippen LogP contribution in [0, 0.1) is 0 Å². The van der Waals surface area contributed by atoms with E-state index in [-0.39, 0.29) is 20.3 Å². The fourth-order valence-electron chi connectivity index (χ4n) is 0.289. The zero-order valence-electron chi connectivity index (χ0n) is 5.99. The predicted octanol–water partition coefficient (Wildman–Crippen LogP) is -1.32. The van der Waals surface area contributed by atoms with Crippen LogP contribution < -0.4 is 18.9 Å². The Morgan fingerprint density at radius 2 is 1.67 bits per heavy atom. The Kier molecular flexibility index (Phi) is 15.0. The van der Waals surface area contributed by atoms with Gasteiger partial charge < -0.3 is 1.43 Å². The van der Waals surface area contributed by atoms with Crippen LogP contribution in [0.5, 0.6) is 0 Å². The molecule has 0 amide bonds. The third-order valence-corrected chi connectivity index (χ3v) is 0.577. The molecule has 0 aliphatic carbocycles. The molecule has 0 aliphatic heterocycles. The summed E-state index contributed by atoms with van der Waals surface area (Å²) in [5, 5.41) is 0. The average Bonchev–Trinajstić information content (AvgIpc) is 1.41. The molecule has 6 heavy (non-hydrogen) atoms. The van der Waals surface area contributed by atoms with E-state index in [0.717, 1.165) is 0 Å². The Balaban J connectivity index is -0.0000000800. The molecule has 0 heterocycles. The zero-order chi connectivity index (χ0) is 4.12. The molecule has 0 saturated carbocycles. The predicted molar refractivity (Wildman–Crippen MR) is 27.8 cm³/mol. The van der Waals surface area contributed by atoms with Crippen molar-refractivity contribution in [3.05, 3.63) is 0 Å². The standard InChI is InChI=1S/C4H10B.Li.H/c1-3-5-4-2;;/h3-4H2,1-2H3;;/q;+1;-1.